The van der Waals surface area contributed by atoms with E-state index in [0.717, 1.165) is 43.0 Å². The van der Waals surface area contributed by atoms with Gasteiger partial charge in [-0.05, 0) is 44.4 Å². The second-order valence-electron chi connectivity index (χ2n) is 6.11. The van der Waals surface area contributed by atoms with Crippen LogP contribution >= 0.6 is 0 Å². The van der Waals surface area contributed by atoms with Crippen molar-refractivity contribution in [2.45, 2.75) is 32.2 Å². The summed E-state index contributed by atoms with van der Waals surface area (Å²) in [6.07, 6.45) is 2.19. The van der Waals surface area contributed by atoms with E-state index in [-0.39, 0.29) is 6.03 Å². The first kappa shape index (κ1) is 14.0. The Kier molecular flexibility index (Phi) is 3.66. The van der Waals surface area contributed by atoms with E-state index in [0.29, 0.717) is 13.2 Å². The first-order valence-corrected chi connectivity index (χ1v) is 7.53. The van der Waals surface area contributed by atoms with Gasteiger partial charge < -0.3 is 19.7 Å². The van der Waals surface area contributed by atoms with Gasteiger partial charge in [0.2, 0.25) is 0 Å². The van der Waals surface area contributed by atoms with Gasteiger partial charge >= 0.3 is 6.03 Å². The minimum Gasteiger partial charge on any atom is -0.486 e. The van der Waals surface area contributed by atoms with E-state index in [2.05, 4.69) is 5.32 Å². The molecule has 2 heterocycles. The number of carbonyl (C=O) groups excluding carboxylic acids is 1. The SMILES string of the molecule is CC(C)(NC(=O)N1CCCC1)c1ccc2c(c1)OCCO2. The van der Waals surface area contributed by atoms with E-state index in [1.165, 1.54) is 0 Å². The van der Waals surface area contributed by atoms with Crippen molar-refractivity contribution >= 4 is 6.03 Å². The highest BCUT2D eigenvalue weighted by atomic mass is 16.6. The Labute approximate surface area is 125 Å². The van der Waals surface area contributed by atoms with Crippen molar-refractivity contribution in [2.24, 2.45) is 0 Å². The maximum Gasteiger partial charge on any atom is 0.318 e. The highest BCUT2D eigenvalue weighted by Crippen LogP contribution is 2.34. The van der Waals surface area contributed by atoms with Gasteiger partial charge in [0.25, 0.3) is 0 Å². The van der Waals surface area contributed by atoms with Crippen LogP contribution < -0.4 is 14.8 Å². The molecule has 2 aliphatic heterocycles. The lowest BCUT2D eigenvalue weighted by Gasteiger charge is -2.30. The Morgan fingerprint density at radius 2 is 1.81 bits per heavy atom. The zero-order valence-electron chi connectivity index (χ0n) is 12.6. The van der Waals surface area contributed by atoms with Crippen LogP contribution in [0.1, 0.15) is 32.3 Å². The molecule has 1 aromatic rings. The van der Waals surface area contributed by atoms with Crippen LogP contribution in [-0.4, -0.2) is 37.2 Å². The molecule has 0 unspecified atom stereocenters. The maximum atomic E-state index is 12.3. The molecule has 0 saturated carbocycles. The smallest absolute Gasteiger partial charge is 0.318 e. The van der Waals surface area contributed by atoms with Crippen molar-refractivity contribution in [3.05, 3.63) is 23.8 Å². The minimum atomic E-state index is -0.449. The summed E-state index contributed by atoms with van der Waals surface area (Å²) in [7, 11) is 0. The Balaban J connectivity index is 1.75. The number of fused-ring (bicyclic) bond motifs is 1. The number of rotatable bonds is 2. The molecular weight excluding hydrogens is 268 g/mol. The number of nitrogens with one attached hydrogen (secondary N) is 1. The summed E-state index contributed by atoms with van der Waals surface area (Å²) >= 11 is 0. The Morgan fingerprint density at radius 3 is 2.52 bits per heavy atom. The molecule has 2 aliphatic rings. The van der Waals surface area contributed by atoms with Crippen molar-refractivity contribution in [3.8, 4) is 11.5 Å². The number of benzene rings is 1. The molecule has 5 heteroatoms. The lowest BCUT2D eigenvalue weighted by Crippen LogP contribution is -2.47. The average molecular weight is 290 g/mol. The van der Waals surface area contributed by atoms with Crippen molar-refractivity contribution in [3.63, 3.8) is 0 Å². The van der Waals surface area contributed by atoms with Crippen LogP contribution in [0.3, 0.4) is 0 Å². The Bertz CT molecular complexity index is 536. The predicted octanol–water partition coefficient (Wildman–Crippen LogP) is 2.50. The molecule has 0 aliphatic carbocycles. The fourth-order valence-electron chi connectivity index (χ4n) is 2.77. The number of likely N-dealkylation sites (tertiary alicyclic amines) is 1. The largest absolute Gasteiger partial charge is 0.486 e. The van der Waals surface area contributed by atoms with Gasteiger partial charge in [0, 0.05) is 13.1 Å². The minimum absolute atomic E-state index is 0.00684. The van der Waals surface area contributed by atoms with Crippen molar-refractivity contribution in [2.75, 3.05) is 26.3 Å². The topological polar surface area (TPSA) is 50.8 Å². The lowest BCUT2D eigenvalue weighted by molar-refractivity contribution is 0.170. The molecule has 0 bridgehead atoms. The van der Waals surface area contributed by atoms with E-state index in [9.17, 15) is 4.79 Å². The molecule has 1 N–H and O–H groups in total. The number of amides is 2. The third-order valence-electron chi connectivity index (χ3n) is 4.08. The zero-order chi connectivity index (χ0) is 14.9. The summed E-state index contributed by atoms with van der Waals surface area (Å²) in [6, 6.07) is 5.86. The quantitative estimate of drug-likeness (QED) is 0.910. The lowest BCUT2D eigenvalue weighted by atomic mass is 9.94. The molecular formula is C16H22N2O3. The zero-order valence-corrected chi connectivity index (χ0v) is 12.6. The van der Waals surface area contributed by atoms with Crippen LogP contribution in [0.5, 0.6) is 11.5 Å². The molecule has 1 fully saturated rings. The van der Waals surface area contributed by atoms with Gasteiger partial charge in [-0.25, -0.2) is 4.79 Å². The molecule has 3 rings (SSSR count). The van der Waals surface area contributed by atoms with Crippen LogP contribution in [0, 0.1) is 0 Å². The van der Waals surface area contributed by atoms with E-state index >= 15 is 0 Å². The van der Waals surface area contributed by atoms with Crippen LogP contribution in [0.4, 0.5) is 4.79 Å². The van der Waals surface area contributed by atoms with E-state index in [1.54, 1.807) is 0 Å². The first-order valence-electron chi connectivity index (χ1n) is 7.53. The molecule has 0 radical (unpaired) electrons. The number of carbonyl (C=O) groups is 1. The number of hydrogen-bond donors (Lipinski definition) is 1. The number of urea groups is 1. The third kappa shape index (κ3) is 2.91. The maximum absolute atomic E-state index is 12.3. The van der Waals surface area contributed by atoms with Gasteiger partial charge in [-0.3, -0.25) is 0 Å². The van der Waals surface area contributed by atoms with Crippen LogP contribution in [-0.2, 0) is 5.54 Å². The molecule has 21 heavy (non-hydrogen) atoms. The highest BCUT2D eigenvalue weighted by Gasteiger charge is 2.28. The van der Waals surface area contributed by atoms with Crippen LogP contribution in [0.25, 0.3) is 0 Å². The fourth-order valence-corrected chi connectivity index (χ4v) is 2.77. The van der Waals surface area contributed by atoms with E-state index in [1.807, 2.05) is 36.9 Å². The summed E-state index contributed by atoms with van der Waals surface area (Å²) < 4.78 is 11.1. The fraction of sp³-hybridized carbons (Fsp3) is 0.562. The molecule has 1 aromatic carbocycles. The monoisotopic (exact) mass is 290 g/mol. The summed E-state index contributed by atoms with van der Waals surface area (Å²) in [5, 5.41) is 3.11. The average Bonchev–Trinajstić information content (AvgIpc) is 3.00. The normalized spacial score (nSPS) is 17.7. The molecule has 114 valence electrons. The molecule has 5 nitrogen and oxygen atoms in total. The highest BCUT2D eigenvalue weighted by molar-refractivity contribution is 5.75. The van der Waals surface area contributed by atoms with Crippen LogP contribution in [0.2, 0.25) is 0 Å². The van der Waals surface area contributed by atoms with Crippen molar-refractivity contribution in [1.29, 1.82) is 0 Å². The molecule has 0 spiro atoms. The summed E-state index contributed by atoms with van der Waals surface area (Å²) in [4.78, 5) is 14.2. The van der Waals surface area contributed by atoms with Gasteiger partial charge in [0.15, 0.2) is 11.5 Å². The summed E-state index contributed by atoms with van der Waals surface area (Å²) in [5.41, 5.74) is 0.564. The van der Waals surface area contributed by atoms with Gasteiger partial charge in [-0.2, -0.15) is 0 Å². The Morgan fingerprint density at radius 1 is 1.14 bits per heavy atom. The predicted molar refractivity (Wildman–Crippen MR) is 79.8 cm³/mol. The standard InChI is InChI=1S/C16H22N2O3/c1-16(2,17-15(19)18-7-3-4-8-18)12-5-6-13-14(11-12)21-10-9-20-13/h5-6,11H,3-4,7-10H2,1-2H3,(H,17,19). The Hall–Kier alpha value is -1.91. The van der Waals surface area contributed by atoms with Gasteiger partial charge in [0.05, 0.1) is 5.54 Å². The number of nitrogens with zero attached hydrogens (tertiary/aromatic N) is 1. The third-order valence-corrected chi connectivity index (χ3v) is 4.08. The second kappa shape index (κ2) is 5.47. The van der Waals surface area contributed by atoms with E-state index in [4.69, 9.17) is 9.47 Å². The van der Waals surface area contributed by atoms with Gasteiger partial charge in [-0.1, -0.05) is 6.07 Å². The van der Waals surface area contributed by atoms with Crippen LogP contribution in [0.15, 0.2) is 18.2 Å². The first-order chi connectivity index (χ1) is 10.1. The van der Waals surface area contributed by atoms with E-state index < -0.39 is 5.54 Å². The number of ether oxygens (including phenoxy) is 2. The van der Waals surface area contributed by atoms with Crippen molar-refractivity contribution in [1.82, 2.24) is 10.2 Å². The number of hydrogen-bond acceptors (Lipinski definition) is 3. The van der Waals surface area contributed by atoms with Crippen molar-refractivity contribution < 1.29 is 14.3 Å². The summed E-state index contributed by atoms with van der Waals surface area (Å²) in [6.45, 7) is 6.86. The van der Waals surface area contributed by atoms with Gasteiger partial charge in [-0.15, -0.1) is 0 Å². The second-order valence-corrected chi connectivity index (χ2v) is 6.11. The van der Waals surface area contributed by atoms with Gasteiger partial charge in [0.1, 0.15) is 13.2 Å². The molecule has 2 amide bonds. The molecule has 0 aromatic heterocycles. The molecule has 1 saturated heterocycles. The molecule has 0 atom stereocenters. The summed E-state index contributed by atoms with van der Waals surface area (Å²) in [5.74, 6) is 1.52.